The van der Waals surface area contributed by atoms with Crippen molar-refractivity contribution in [3.63, 3.8) is 0 Å². The quantitative estimate of drug-likeness (QED) is 0.284. The lowest BCUT2D eigenvalue weighted by atomic mass is 10.0. The van der Waals surface area contributed by atoms with Crippen LogP contribution in [0.4, 0.5) is 17.5 Å². The van der Waals surface area contributed by atoms with Gasteiger partial charge in [0.1, 0.15) is 17.3 Å². The lowest BCUT2D eigenvalue weighted by molar-refractivity contribution is -0.117. The van der Waals surface area contributed by atoms with Crippen molar-refractivity contribution < 1.29 is 9.53 Å². The van der Waals surface area contributed by atoms with Crippen LogP contribution in [0.15, 0.2) is 54.7 Å². The van der Waals surface area contributed by atoms with Crippen molar-refractivity contribution in [3.8, 4) is 11.5 Å². The highest BCUT2D eigenvalue weighted by molar-refractivity contribution is 6.31. The minimum Gasteiger partial charge on any atom is -0.457 e. The molecule has 1 saturated heterocycles. The van der Waals surface area contributed by atoms with Crippen LogP contribution in [0.25, 0.3) is 11.0 Å². The van der Waals surface area contributed by atoms with Crippen LogP contribution in [-0.4, -0.2) is 45.0 Å². The molecule has 37 heavy (non-hydrogen) atoms. The van der Waals surface area contributed by atoms with Crippen LogP contribution in [0, 0.1) is 0 Å². The van der Waals surface area contributed by atoms with Gasteiger partial charge in [-0.05, 0) is 73.8 Å². The maximum atomic E-state index is 12.4. The molecule has 0 unspecified atom stereocenters. The van der Waals surface area contributed by atoms with Gasteiger partial charge in [0.2, 0.25) is 11.9 Å². The smallest absolute Gasteiger partial charge is 0.239 e. The maximum Gasteiger partial charge on any atom is 0.239 e. The fourth-order valence-corrected chi connectivity index (χ4v) is 4.89. The van der Waals surface area contributed by atoms with Crippen LogP contribution in [0.1, 0.15) is 38.2 Å². The Balaban J connectivity index is 1.29. The molecular weight excluding hydrogens is 488 g/mol. The monoisotopic (exact) mass is 518 g/mol. The minimum absolute atomic E-state index is 0.0670. The van der Waals surface area contributed by atoms with Gasteiger partial charge < -0.3 is 19.9 Å². The molecule has 9 heteroatoms. The summed E-state index contributed by atoms with van der Waals surface area (Å²) in [7, 11) is 1.97. The van der Waals surface area contributed by atoms with E-state index in [0.717, 1.165) is 59.2 Å². The summed E-state index contributed by atoms with van der Waals surface area (Å²) >= 11 is 6.35. The van der Waals surface area contributed by atoms with Gasteiger partial charge in [0.15, 0.2) is 0 Å². The number of benzene rings is 2. The molecule has 4 aromatic rings. The van der Waals surface area contributed by atoms with Gasteiger partial charge in [-0.1, -0.05) is 25.4 Å². The highest BCUT2D eigenvalue weighted by Crippen LogP contribution is 2.31. The lowest BCUT2D eigenvalue weighted by Gasteiger charge is -2.14. The maximum absolute atomic E-state index is 12.4. The van der Waals surface area contributed by atoms with E-state index >= 15 is 0 Å². The minimum atomic E-state index is -0.0670. The molecule has 2 aromatic carbocycles. The van der Waals surface area contributed by atoms with Crippen LogP contribution < -0.4 is 15.4 Å². The summed E-state index contributed by atoms with van der Waals surface area (Å²) < 4.78 is 8.08. The summed E-state index contributed by atoms with van der Waals surface area (Å²) in [4.78, 5) is 23.5. The van der Waals surface area contributed by atoms with Crippen LogP contribution >= 0.6 is 11.6 Å². The average Bonchev–Trinajstić information content (AvgIpc) is 3.48. The normalized spacial score (nSPS) is 13.9. The first-order valence-electron chi connectivity index (χ1n) is 12.5. The molecule has 0 spiro atoms. The Morgan fingerprint density at radius 2 is 1.86 bits per heavy atom. The topological polar surface area (TPSA) is 84.3 Å². The number of fused-ring (bicyclic) bond motifs is 1. The Morgan fingerprint density at radius 3 is 2.65 bits per heavy atom. The molecule has 1 aliphatic heterocycles. The molecule has 0 bridgehead atoms. The Labute approximate surface area is 221 Å². The lowest BCUT2D eigenvalue weighted by Crippen LogP contribution is -2.31. The molecule has 3 heterocycles. The molecule has 192 valence electrons. The van der Waals surface area contributed by atoms with Crippen molar-refractivity contribution in [3.05, 3.63) is 65.3 Å². The third kappa shape index (κ3) is 5.87. The molecule has 0 radical (unpaired) electrons. The number of likely N-dealkylation sites (tertiary alicyclic amines) is 1. The number of rotatable bonds is 8. The highest BCUT2D eigenvalue weighted by Gasteiger charge is 2.16. The van der Waals surface area contributed by atoms with Gasteiger partial charge >= 0.3 is 0 Å². The molecule has 1 aliphatic rings. The average molecular weight is 519 g/mol. The summed E-state index contributed by atoms with van der Waals surface area (Å²) in [5.74, 6) is 2.67. The van der Waals surface area contributed by atoms with Crippen LogP contribution in [0.3, 0.4) is 0 Å². The number of amides is 1. The van der Waals surface area contributed by atoms with Crippen LogP contribution in [0.5, 0.6) is 11.5 Å². The second kappa shape index (κ2) is 10.8. The molecule has 0 aliphatic carbocycles. The van der Waals surface area contributed by atoms with Gasteiger partial charge in [-0.25, -0.2) is 9.97 Å². The number of imidazole rings is 1. The van der Waals surface area contributed by atoms with Gasteiger partial charge in [0.25, 0.3) is 0 Å². The molecule has 1 fully saturated rings. The van der Waals surface area contributed by atoms with E-state index in [4.69, 9.17) is 21.3 Å². The van der Waals surface area contributed by atoms with Crippen molar-refractivity contribution in [2.75, 3.05) is 30.3 Å². The first-order chi connectivity index (χ1) is 17.9. The van der Waals surface area contributed by atoms with E-state index in [0.29, 0.717) is 29.8 Å². The molecule has 5 rings (SSSR count). The largest absolute Gasteiger partial charge is 0.457 e. The molecule has 0 atom stereocenters. The van der Waals surface area contributed by atoms with Gasteiger partial charge in [-0.3, -0.25) is 9.69 Å². The summed E-state index contributed by atoms with van der Waals surface area (Å²) in [6, 6.07) is 15.2. The number of ether oxygens (including phenoxy) is 1. The zero-order valence-corrected chi connectivity index (χ0v) is 22.0. The standard InChI is InChI=1S/C28H31ClN6O2/c1-18(2)22-14-19(6-8-23(22)29)31-28-32-24-15-20(7-9-25(24)34(28)3)37-21-10-11-30-26(16-21)33-27(36)17-35-12-4-5-13-35/h6-11,14-16,18H,4-5,12-13,17H2,1-3H3,(H,31,32)(H,30,33,36). The molecule has 2 aromatic heterocycles. The van der Waals surface area contributed by atoms with E-state index in [1.807, 2.05) is 41.9 Å². The zero-order valence-electron chi connectivity index (χ0n) is 21.3. The van der Waals surface area contributed by atoms with Gasteiger partial charge in [0.05, 0.1) is 17.6 Å². The van der Waals surface area contributed by atoms with Crippen molar-refractivity contribution in [2.24, 2.45) is 7.05 Å². The Bertz CT molecular complexity index is 1430. The number of nitrogens with zero attached hydrogens (tertiary/aromatic N) is 4. The van der Waals surface area contributed by atoms with E-state index < -0.39 is 0 Å². The summed E-state index contributed by atoms with van der Waals surface area (Å²) in [6.45, 7) is 6.56. The number of aryl methyl sites for hydroxylation is 1. The van der Waals surface area contributed by atoms with E-state index in [2.05, 4.69) is 40.4 Å². The Kier molecular flexibility index (Phi) is 7.30. The van der Waals surface area contributed by atoms with E-state index in [9.17, 15) is 4.79 Å². The van der Waals surface area contributed by atoms with Gasteiger partial charge in [0, 0.05) is 36.1 Å². The summed E-state index contributed by atoms with van der Waals surface area (Å²) in [5, 5.41) is 7.04. The van der Waals surface area contributed by atoms with Crippen molar-refractivity contribution in [1.29, 1.82) is 0 Å². The third-order valence-electron chi connectivity index (χ3n) is 6.53. The van der Waals surface area contributed by atoms with Crippen LogP contribution in [0.2, 0.25) is 5.02 Å². The second-order valence-corrected chi connectivity index (χ2v) is 10.1. The SMILES string of the molecule is CC(C)c1cc(Nc2nc3cc(Oc4ccnc(NC(=O)CN5CCCC5)c4)ccc3n2C)ccc1Cl. The Hall–Kier alpha value is -3.62. The second-order valence-electron chi connectivity index (χ2n) is 9.67. The van der Waals surface area contributed by atoms with Crippen molar-refractivity contribution in [1.82, 2.24) is 19.4 Å². The van der Waals surface area contributed by atoms with E-state index in [1.165, 1.54) is 0 Å². The van der Waals surface area contributed by atoms with Crippen molar-refractivity contribution >= 4 is 46.0 Å². The summed E-state index contributed by atoms with van der Waals surface area (Å²) in [5.41, 5.74) is 3.79. The number of carbonyl (C=O) groups excluding carboxylic acids is 1. The molecule has 8 nitrogen and oxygen atoms in total. The molecule has 1 amide bonds. The van der Waals surface area contributed by atoms with Crippen LogP contribution in [-0.2, 0) is 11.8 Å². The first kappa shape index (κ1) is 25.0. The highest BCUT2D eigenvalue weighted by atomic mass is 35.5. The number of aromatic nitrogens is 3. The molecule has 2 N–H and O–H groups in total. The first-order valence-corrected chi connectivity index (χ1v) is 12.9. The number of anilines is 3. The predicted molar refractivity (Wildman–Crippen MR) is 148 cm³/mol. The Morgan fingerprint density at radius 1 is 1.08 bits per heavy atom. The molecular formula is C28H31ClN6O2. The summed E-state index contributed by atoms with van der Waals surface area (Å²) in [6.07, 6.45) is 3.92. The van der Waals surface area contributed by atoms with Gasteiger partial charge in [-0.15, -0.1) is 0 Å². The predicted octanol–water partition coefficient (Wildman–Crippen LogP) is 6.32. The number of pyridine rings is 1. The third-order valence-corrected chi connectivity index (χ3v) is 6.87. The van der Waals surface area contributed by atoms with Crippen molar-refractivity contribution in [2.45, 2.75) is 32.6 Å². The number of hydrogen-bond donors (Lipinski definition) is 2. The number of hydrogen-bond acceptors (Lipinski definition) is 6. The fraction of sp³-hybridized carbons (Fsp3) is 0.321. The zero-order chi connectivity index (χ0) is 25.9. The van der Waals surface area contributed by atoms with Gasteiger partial charge in [-0.2, -0.15) is 0 Å². The number of carbonyl (C=O) groups is 1. The number of nitrogens with one attached hydrogen (secondary N) is 2. The molecule has 0 saturated carbocycles. The van der Waals surface area contributed by atoms with E-state index in [-0.39, 0.29) is 5.91 Å². The number of halogens is 1. The van der Waals surface area contributed by atoms with E-state index in [1.54, 1.807) is 18.3 Å². The fourth-order valence-electron chi connectivity index (χ4n) is 4.55.